The molecule has 0 radical (unpaired) electrons. The lowest BCUT2D eigenvalue weighted by molar-refractivity contribution is -0.154. The number of halogens is 2. The molecule has 0 atom stereocenters. The van der Waals surface area contributed by atoms with E-state index >= 15 is 0 Å². The Morgan fingerprint density at radius 2 is 1.89 bits per heavy atom. The van der Waals surface area contributed by atoms with E-state index in [1.165, 1.54) is 47.6 Å². The average molecular weight is 520 g/mol. The smallest absolute Gasteiger partial charge is 0.312 e. The molecule has 1 aromatic heterocycles. The van der Waals surface area contributed by atoms with Crippen LogP contribution in [0.1, 0.15) is 47.6 Å². The van der Waals surface area contributed by atoms with Gasteiger partial charge in [0, 0.05) is 34.2 Å². The molecule has 1 aromatic carbocycles. The number of hydrogen-bond donors (Lipinski definition) is 2. The third-order valence-corrected chi connectivity index (χ3v) is 7.41. The van der Waals surface area contributed by atoms with Crippen molar-refractivity contribution in [2.75, 3.05) is 21.1 Å². The van der Waals surface area contributed by atoms with E-state index in [4.69, 9.17) is 11.6 Å². The number of nitrogens with one attached hydrogen (secondary N) is 1. The minimum absolute atomic E-state index is 0.0543. The van der Waals surface area contributed by atoms with Crippen molar-refractivity contribution in [1.82, 2.24) is 24.7 Å². The van der Waals surface area contributed by atoms with Crippen LogP contribution in [0.2, 0.25) is 5.02 Å². The molecule has 3 heterocycles. The number of aromatic hydroxyl groups is 1. The van der Waals surface area contributed by atoms with Crippen molar-refractivity contribution in [1.29, 1.82) is 0 Å². The molecule has 3 amide bonds. The van der Waals surface area contributed by atoms with Crippen molar-refractivity contribution in [3.8, 4) is 5.75 Å². The molecule has 0 saturated heterocycles. The van der Waals surface area contributed by atoms with Gasteiger partial charge in [-0.25, -0.2) is 9.37 Å². The molecule has 192 valence electrons. The van der Waals surface area contributed by atoms with Gasteiger partial charge < -0.3 is 20.2 Å². The molecule has 0 unspecified atom stereocenters. The standard InChI is InChI=1S/C24H27ClFN5O5/c1-29(2)21(35)22(36)30(3)24-8-6-13(7-9-24)12-31-20(34)18(32)17(28-23(24)31)19(33)27-11-14-4-5-16(26)15(25)10-14/h4-5,10,13,32H,6-9,11-12H2,1-3H3,(H,27,33). The van der Waals surface area contributed by atoms with E-state index < -0.39 is 46.1 Å². The van der Waals surface area contributed by atoms with Crippen molar-refractivity contribution in [2.45, 2.75) is 44.3 Å². The molecule has 12 heteroatoms. The fraction of sp³-hybridized carbons (Fsp3) is 0.458. The Kier molecular flexibility index (Phi) is 6.78. The highest BCUT2D eigenvalue weighted by Crippen LogP contribution is 2.46. The Morgan fingerprint density at radius 3 is 2.50 bits per heavy atom. The van der Waals surface area contributed by atoms with Crippen LogP contribution in [0.4, 0.5) is 4.39 Å². The third kappa shape index (κ3) is 4.32. The second kappa shape index (κ2) is 9.53. The highest BCUT2D eigenvalue weighted by Gasteiger charge is 2.50. The van der Waals surface area contributed by atoms with E-state index in [2.05, 4.69) is 10.3 Å². The molecule has 2 aliphatic heterocycles. The summed E-state index contributed by atoms with van der Waals surface area (Å²) in [5.41, 5.74) is -1.86. The van der Waals surface area contributed by atoms with Gasteiger partial charge in [-0.1, -0.05) is 17.7 Å². The molecule has 1 aliphatic carbocycles. The van der Waals surface area contributed by atoms with Gasteiger partial charge in [-0.15, -0.1) is 0 Å². The number of benzene rings is 1. The van der Waals surface area contributed by atoms with E-state index in [0.717, 1.165) is 6.07 Å². The maximum atomic E-state index is 13.4. The molecular weight excluding hydrogens is 493 g/mol. The van der Waals surface area contributed by atoms with Crippen LogP contribution in [-0.4, -0.2) is 63.3 Å². The van der Waals surface area contributed by atoms with Crippen molar-refractivity contribution < 1.29 is 23.9 Å². The van der Waals surface area contributed by atoms with Gasteiger partial charge in [0.1, 0.15) is 17.2 Å². The van der Waals surface area contributed by atoms with Crippen molar-refractivity contribution in [2.24, 2.45) is 5.92 Å². The summed E-state index contributed by atoms with van der Waals surface area (Å²) in [5.74, 6) is -3.40. The predicted octanol–water partition coefficient (Wildman–Crippen LogP) is 1.62. The number of nitrogens with zero attached hydrogens (tertiary/aromatic N) is 4. The van der Waals surface area contributed by atoms with Gasteiger partial charge in [-0.2, -0.15) is 0 Å². The van der Waals surface area contributed by atoms with Crippen LogP contribution < -0.4 is 10.9 Å². The van der Waals surface area contributed by atoms with Crippen LogP contribution >= 0.6 is 11.6 Å². The van der Waals surface area contributed by atoms with Crippen LogP contribution in [0.5, 0.6) is 5.75 Å². The zero-order valence-corrected chi connectivity index (χ0v) is 20.9. The lowest BCUT2D eigenvalue weighted by Gasteiger charge is -2.43. The Morgan fingerprint density at radius 1 is 1.22 bits per heavy atom. The molecule has 1 fully saturated rings. The summed E-state index contributed by atoms with van der Waals surface area (Å²) in [6.07, 6.45) is 2.27. The lowest BCUT2D eigenvalue weighted by Crippen LogP contribution is -2.54. The summed E-state index contributed by atoms with van der Waals surface area (Å²) in [6.45, 7) is 0.234. The predicted molar refractivity (Wildman–Crippen MR) is 128 cm³/mol. The SMILES string of the molecule is CN(C)C(=O)C(=O)N(C)C12CCC(CC1)Cn1c2nc(C(=O)NCc2ccc(F)c(Cl)c2)c(O)c1=O. The van der Waals surface area contributed by atoms with E-state index in [0.29, 0.717) is 31.2 Å². The number of aromatic nitrogens is 2. The molecule has 1 saturated carbocycles. The Balaban J connectivity index is 1.74. The second-order valence-corrected chi connectivity index (χ2v) is 9.93. The maximum absolute atomic E-state index is 13.4. The molecule has 2 N–H and O–H groups in total. The largest absolute Gasteiger partial charge is 0.501 e. The van der Waals surface area contributed by atoms with Crippen LogP contribution in [-0.2, 0) is 28.2 Å². The number of fused-ring (bicyclic) bond motifs is 2. The minimum Gasteiger partial charge on any atom is -0.501 e. The number of likely N-dealkylation sites (N-methyl/N-ethyl adjacent to an activating group) is 2. The van der Waals surface area contributed by atoms with E-state index in [9.17, 15) is 28.7 Å². The molecule has 2 aromatic rings. The van der Waals surface area contributed by atoms with Gasteiger partial charge in [0.15, 0.2) is 5.69 Å². The zero-order valence-electron chi connectivity index (χ0n) is 20.2. The summed E-state index contributed by atoms with van der Waals surface area (Å²) in [4.78, 5) is 58.6. The first-order valence-electron chi connectivity index (χ1n) is 11.5. The quantitative estimate of drug-likeness (QED) is 0.591. The summed E-state index contributed by atoms with van der Waals surface area (Å²) in [7, 11) is 4.44. The molecule has 5 rings (SSSR count). The Labute approximate surface area is 211 Å². The number of amides is 3. The molecule has 0 spiro atoms. The van der Waals surface area contributed by atoms with Crippen LogP contribution in [0.3, 0.4) is 0 Å². The molecule has 2 bridgehead atoms. The third-order valence-electron chi connectivity index (χ3n) is 7.12. The molecular formula is C24H27ClFN5O5. The first-order chi connectivity index (χ1) is 17.0. The van der Waals surface area contributed by atoms with Gasteiger partial charge >= 0.3 is 11.8 Å². The monoisotopic (exact) mass is 519 g/mol. The van der Waals surface area contributed by atoms with Gasteiger partial charge in [0.2, 0.25) is 5.75 Å². The van der Waals surface area contributed by atoms with Crippen molar-refractivity contribution in [3.63, 3.8) is 0 Å². The van der Waals surface area contributed by atoms with Crippen molar-refractivity contribution >= 4 is 29.3 Å². The number of carbonyl (C=O) groups excluding carboxylic acids is 3. The van der Waals surface area contributed by atoms with Gasteiger partial charge in [0.05, 0.1) is 5.02 Å². The second-order valence-electron chi connectivity index (χ2n) is 9.52. The molecule has 3 aliphatic rings. The average Bonchev–Trinajstić information content (AvgIpc) is 3.12. The fourth-order valence-electron chi connectivity index (χ4n) is 4.98. The zero-order chi connectivity index (χ0) is 26.4. The normalized spacial score (nSPS) is 20.3. The topological polar surface area (TPSA) is 125 Å². The highest BCUT2D eigenvalue weighted by molar-refractivity contribution is 6.34. The van der Waals surface area contributed by atoms with Gasteiger partial charge in [-0.3, -0.25) is 23.7 Å². The van der Waals surface area contributed by atoms with E-state index in [1.807, 2.05) is 0 Å². The molecule has 10 nitrogen and oxygen atoms in total. The summed E-state index contributed by atoms with van der Waals surface area (Å²) < 4.78 is 14.7. The van der Waals surface area contributed by atoms with Gasteiger partial charge in [0.25, 0.3) is 11.5 Å². The summed E-state index contributed by atoms with van der Waals surface area (Å²) in [6, 6.07) is 3.96. The maximum Gasteiger partial charge on any atom is 0.312 e. The number of carbonyl (C=O) groups is 3. The van der Waals surface area contributed by atoms with E-state index in [1.54, 1.807) is 0 Å². The first kappa shape index (κ1) is 25.6. The number of hydrogen-bond acceptors (Lipinski definition) is 6. The fourth-order valence-corrected chi connectivity index (χ4v) is 5.18. The molecule has 36 heavy (non-hydrogen) atoms. The van der Waals surface area contributed by atoms with Crippen LogP contribution in [0, 0.1) is 11.7 Å². The Bertz CT molecular complexity index is 1300. The van der Waals surface area contributed by atoms with Crippen molar-refractivity contribution in [3.05, 3.63) is 56.5 Å². The highest BCUT2D eigenvalue weighted by atomic mass is 35.5. The van der Waals surface area contributed by atoms with Crippen LogP contribution in [0.15, 0.2) is 23.0 Å². The summed E-state index contributed by atoms with van der Waals surface area (Å²) >= 11 is 5.79. The van der Waals surface area contributed by atoms with Crippen LogP contribution in [0.25, 0.3) is 0 Å². The van der Waals surface area contributed by atoms with Gasteiger partial charge in [-0.05, 0) is 49.3 Å². The Hall–Kier alpha value is -3.47. The summed E-state index contributed by atoms with van der Waals surface area (Å²) in [5, 5.41) is 13.1. The first-order valence-corrected chi connectivity index (χ1v) is 11.9. The number of rotatable bonds is 4. The lowest BCUT2D eigenvalue weighted by atomic mass is 9.76. The van der Waals surface area contributed by atoms with E-state index in [-0.39, 0.29) is 29.9 Å². The minimum atomic E-state index is -1.10.